The van der Waals surface area contributed by atoms with Gasteiger partial charge in [-0.05, 0) is 37.3 Å². The number of anilines is 2. The van der Waals surface area contributed by atoms with Crippen molar-refractivity contribution in [3.05, 3.63) is 73.3 Å². The highest BCUT2D eigenvalue weighted by Gasteiger charge is 2.14. The summed E-state index contributed by atoms with van der Waals surface area (Å²) in [4.78, 5) is 13.2. The van der Waals surface area contributed by atoms with E-state index in [2.05, 4.69) is 32.3 Å². The molecule has 6 heteroatoms. The summed E-state index contributed by atoms with van der Waals surface area (Å²) in [5, 5.41) is 7.92. The Kier molecular flexibility index (Phi) is 4.38. The van der Waals surface area contributed by atoms with Crippen molar-refractivity contribution in [1.29, 1.82) is 0 Å². The number of para-hydroxylation sites is 1. The summed E-state index contributed by atoms with van der Waals surface area (Å²) in [7, 11) is 0. The number of nitrogens with one attached hydrogen (secondary N) is 1. The van der Waals surface area contributed by atoms with Crippen molar-refractivity contribution in [1.82, 2.24) is 24.7 Å². The fraction of sp³-hybridized carbons (Fsp3) is 0.100. The predicted octanol–water partition coefficient (Wildman–Crippen LogP) is 4.17. The molecule has 0 unspecified atom stereocenters. The number of hydrogen-bond donors (Lipinski definition) is 1. The molecule has 0 fully saturated rings. The van der Waals surface area contributed by atoms with E-state index in [1.54, 1.807) is 12.4 Å². The summed E-state index contributed by atoms with van der Waals surface area (Å²) in [6.45, 7) is 2.85. The third-order valence-corrected chi connectivity index (χ3v) is 3.98. The van der Waals surface area contributed by atoms with Gasteiger partial charge < -0.3 is 5.32 Å². The molecule has 0 aliphatic heterocycles. The zero-order chi connectivity index (χ0) is 17.8. The summed E-state index contributed by atoms with van der Waals surface area (Å²) in [6, 6.07) is 15.7. The molecule has 0 atom stereocenters. The lowest BCUT2D eigenvalue weighted by atomic mass is 10.1. The Morgan fingerprint density at radius 3 is 2.65 bits per heavy atom. The molecule has 1 N–H and O–H groups in total. The molecular weight excluding hydrogens is 324 g/mol. The monoisotopic (exact) mass is 342 g/mol. The molecule has 0 bridgehead atoms. The number of rotatable bonds is 5. The Labute approximate surface area is 151 Å². The Hall–Kier alpha value is -3.54. The molecular formula is C20H18N6. The molecule has 0 aliphatic rings. The Morgan fingerprint density at radius 2 is 1.88 bits per heavy atom. The largest absolute Gasteiger partial charge is 0.324 e. The number of aryl methyl sites for hydroxylation is 1. The van der Waals surface area contributed by atoms with E-state index in [9.17, 15) is 0 Å². The average molecular weight is 342 g/mol. The van der Waals surface area contributed by atoms with Gasteiger partial charge in [0.15, 0.2) is 0 Å². The molecule has 1 aromatic carbocycles. The van der Waals surface area contributed by atoms with Gasteiger partial charge in [0, 0.05) is 48.1 Å². The average Bonchev–Trinajstić information content (AvgIpc) is 3.14. The number of nitrogens with zero attached hydrogens (tertiary/aromatic N) is 5. The zero-order valence-electron chi connectivity index (χ0n) is 14.4. The molecule has 4 aromatic rings. The summed E-state index contributed by atoms with van der Waals surface area (Å²) >= 11 is 0. The minimum atomic E-state index is 0.551. The van der Waals surface area contributed by atoms with Gasteiger partial charge in [0.25, 0.3) is 0 Å². The van der Waals surface area contributed by atoms with Crippen LogP contribution in [0.5, 0.6) is 0 Å². The van der Waals surface area contributed by atoms with Gasteiger partial charge in [0.1, 0.15) is 5.69 Å². The van der Waals surface area contributed by atoms with E-state index in [0.29, 0.717) is 5.95 Å². The van der Waals surface area contributed by atoms with Crippen LogP contribution >= 0.6 is 0 Å². The molecule has 3 heterocycles. The lowest BCUT2D eigenvalue weighted by Gasteiger charge is -2.06. The minimum Gasteiger partial charge on any atom is -0.324 e. The van der Waals surface area contributed by atoms with Crippen molar-refractivity contribution in [2.75, 3.05) is 5.32 Å². The van der Waals surface area contributed by atoms with Gasteiger partial charge >= 0.3 is 0 Å². The SMILES string of the molecule is CCn1cc(-c2ccnc(Nc3ccccc3)n2)c(-c2cccnc2)n1. The van der Waals surface area contributed by atoms with Gasteiger partial charge in [-0.25, -0.2) is 9.97 Å². The van der Waals surface area contributed by atoms with Gasteiger partial charge in [-0.15, -0.1) is 0 Å². The molecule has 0 saturated heterocycles. The van der Waals surface area contributed by atoms with E-state index in [1.165, 1.54) is 0 Å². The van der Waals surface area contributed by atoms with Crippen LogP contribution < -0.4 is 5.32 Å². The van der Waals surface area contributed by atoms with Crippen LogP contribution in [-0.2, 0) is 6.54 Å². The molecule has 6 nitrogen and oxygen atoms in total. The highest BCUT2D eigenvalue weighted by Crippen LogP contribution is 2.30. The zero-order valence-corrected chi connectivity index (χ0v) is 14.4. The summed E-state index contributed by atoms with van der Waals surface area (Å²) in [6.07, 6.45) is 7.34. The summed E-state index contributed by atoms with van der Waals surface area (Å²) in [5.41, 5.74) is 4.55. The second kappa shape index (κ2) is 7.14. The van der Waals surface area contributed by atoms with Crippen LogP contribution in [0, 0.1) is 0 Å². The molecule has 0 radical (unpaired) electrons. The Morgan fingerprint density at radius 1 is 1.00 bits per heavy atom. The van der Waals surface area contributed by atoms with E-state index in [4.69, 9.17) is 0 Å². The molecule has 0 saturated carbocycles. The minimum absolute atomic E-state index is 0.551. The summed E-state index contributed by atoms with van der Waals surface area (Å²) < 4.78 is 1.91. The second-order valence-corrected chi connectivity index (χ2v) is 5.75. The fourth-order valence-corrected chi connectivity index (χ4v) is 2.71. The normalized spacial score (nSPS) is 10.7. The first-order valence-electron chi connectivity index (χ1n) is 8.47. The van der Waals surface area contributed by atoms with Crippen LogP contribution in [0.3, 0.4) is 0 Å². The number of aromatic nitrogens is 5. The number of benzene rings is 1. The van der Waals surface area contributed by atoms with Crippen LogP contribution in [0.1, 0.15) is 6.92 Å². The maximum absolute atomic E-state index is 4.68. The predicted molar refractivity (Wildman–Crippen MR) is 102 cm³/mol. The first-order chi connectivity index (χ1) is 12.8. The standard InChI is InChI=1S/C20H18N6/c1-2-26-14-17(19(25-26)15-7-6-11-21-13-15)18-10-12-22-20(24-18)23-16-8-4-3-5-9-16/h3-14H,2H2,1H3,(H,22,23,24). The maximum Gasteiger partial charge on any atom is 0.227 e. The highest BCUT2D eigenvalue weighted by atomic mass is 15.3. The van der Waals surface area contributed by atoms with Crippen LogP contribution in [0.15, 0.2) is 73.3 Å². The van der Waals surface area contributed by atoms with Crippen molar-refractivity contribution in [3.63, 3.8) is 0 Å². The van der Waals surface area contributed by atoms with Gasteiger partial charge in [0.05, 0.1) is 5.69 Å². The van der Waals surface area contributed by atoms with Crippen molar-refractivity contribution >= 4 is 11.6 Å². The molecule has 128 valence electrons. The first kappa shape index (κ1) is 16.0. The summed E-state index contributed by atoms with van der Waals surface area (Å²) in [5.74, 6) is 0.551. The van der Waals surface area contributed by atoms with Crippen LogP contribution in [0.25, 0.3) is 22.5 Å². The maximum atomic E-state index is 4.68. The van der Waals surface area contributed by atoms with Crippen molar-refractivity contribution in [3.8, 4) is 22.5 Å². The molecule has 0 amide bonds. The van der Waals surface area contributed by atoms with E-state index in [0.717, 1.165) is 34.7 Å². The lowest BCUT2D eigenvalue weighted by Crippen LogP contribution is -1.97. The molecule has 0 spiro atoms. The van der Waals surface area contributed by atoms with Crippen LogP contribution in [-0.4, -0.2) is 24.7 Å². The van der Waals surface area contributed by atoms with Crippen molar-refractivity contribution in [2.45, 2.75) is 13.5 Å². The number of pyridine rings is 1. The third kappa shape index (κ3) is 3.30. The van der Waals surface area contributed by atoms with E-state index < -0.39 is 0 Å². The van der Waals surface area contributed by atoms with Crippen molar-refractivity contribution < 1.29 is 0 Å². The van der Waals surface area contributed by atoms with Gasteiger partial charge in [-0.3, -0.25) is 9.67 Å². The van der Waals surface area contributed by atoms with Gasteiger partial charge in [-0.1, -0.05) is 18.2 Å². The number of hydrogen-bond acceptors (Lipinski definition) is 5. The van der Waals surface area contributed by atoms with E-state index in [1.807, 2.05) is 65.6 Å². The van der Waals surface area contributed by atoms with Gasteiger partial charge in [0.2, 0.25) is 5.95 Å². The van der Waals surface area contributed by atoms with Crippen LogP contribution in [0.2, 0.25) is 0 Å². The molecule has 4 rings (SSSR count). The third-order valence-electron chi connectivity index (χ3n) is 3.98. The topological polar surface area (TPSA) is 68.5 Å². The highest BCUT2D eigenvalue weighted by molar-refractivity contribution is 5.78. The first-order valence-corrected chi connectivity index (χ1v) is 8.47. The van der Waals surface area contributed by atoms with Gasteiger partial charge in [-0.2, -0.15) is 5.10 Å². The Bertz CT molecular complexity index is 995. The van der Waals surface area contributed by atoms with E-state index >= 15 is 0 Å². The lowest BCUT2D eigenvalue weighted by molar-refractivity contribution is 0.662. The Balaban J connectivity index is 1.74. The molecule has 3 aromatic heterocycles. The smallest absolute Gasteiger partial charge is 0.227 e. The second-order valence-electron chi connectivity index (χ2n) is 5.75. The van der Waals surface area contributed by atoms with Crippen LogP contribution in [0.4, 0.5) is 11.6 Å². The van der Waals surface area contributed by atoms with E-state index in [-0.39, 0.29) is 0 Å². The molecule has 26 heavy (non-hydrogen) atoms. The fourth-order valence-electron chi connectivity index (χ4n) is 2.71. The molecule has 0 aliphatic carbocycles. The quantitative estimate of drug-likeness (QED) is 0.590. The van der Waals surface area contributed by atoms with Crippen molar-refractivity contribution in [2.24, 2.45) is 0 Å².